The lowest BCUT2D eigenvalue weighted by Gasteiger charge is -2.10. The second kappa shape index (κ2) is 18.9. The van der Waals surface area contributed by atoms with E-state index in [1.54, 1.807) is 95.3 Å². The van der Waals surface area contributed by atoms with Crippen molar-refractivity contribution in [2.75, 3.05) is 35.4 Å². The van der Waals surface area contributed by atoms with Crippen LogP contribution >= 0.6 is 11.3 Å². The SMILES string of the molecule is CNC(=O)c1cc(Oc2ccc(NC(=O)Nc3ccc4cnn(C)c4c3)cc2)ccn1.CNC(=O)c1cc(Oc2ccc(NC(=O)Nc3ccc4ncsc4c3)cc2)ccn1. The highest BCUT2D eigenvalue weighted by Gasteiger charge is 2.11. The van der Waals surface area contributed by atoms with Crippen molar-refractivity contribution in [1.82, 2.24) is 35.4 Å². The summed E-state index contributed by atoms with van der Waals surface area (Å²) in [6.45, 7) is 0. The standard InChI is InChI=1S/C22H20N6O3.C21H17N5O3S/c1-23-21(29)19-12-18(9-10-24-19)31-17-7-5-15(6-8-17)26-22(30)27-16-4-3-14-13-25-28(2)20(14)11-16;1-22-20(27)18-11-16(8-9-23-18)29-15-5-2-13(3-6-15)25-21(28)26-14-4-7-17-19(10-14)30-12-24-17/h3-13H,1-2H3,(H,23,29)(H2,26,27,30);2-12H,1H3,(H,22,27)(H2,25,26,28). The Bertz CT molecular complexity index is 2850. The number of rotatable bonds is 10. The molecule has 18 heteroatoms. The van der Waals surface area contributed by atoms with Crippen LogP contribution in [0.25, 0.3) is 21.1 Å². The molecule has 0 saturated carbocycles. The molecule has 8 rings (SSSR count). The van der Waals surface area contributed by atoms with Gasteiger partial charge in [0, 0.05) is 73.8 Å². The summed E-state index contributed by atoms with van der Waals surface area (Å²) in [7, 11) is 4.93. The minimum atomic E-state index is -0.362. The lowest BCUT2D eigenvalue weighted by atomic mass is 10.2. The van der Waals surface area contributed by atoms with Gasteiger partial charge in [-0.25, -0.2) is 14.6 Å². The fourth-order valence-electron chi connectivity index (χ4n) is 5.68. The van der Waals surface area contributed by atoms with Crippen molar-refractivity contribution in [3.05, 3.63) is 145 Å². The van der Waals surface area contributed by atoms with Crippen LogP contribution in [0.2, 0.25) is 0 Å². The van der Waals surface area contributed by atoms with Crippen LogP contribution in [0.15, 0.2) is 133 Å². The number of nitrogens with one attached hydrogen (secondary N) is 6. The van der Waals surface area contributed by atoms with E-state index < -0.39 is 0 Å². The number of aromatic nitrogens is 5. The van der Waals surface area contributed by atoms with Crippen molar-refractivity contribution in [2.45, 2.75) is 0 Å². The zero-order chi connectivity index (χ0) is 42.7. The Morgan fingerprint density at radius 2 is 1.05 bits per heavy atom. The summed E-state index contributed by atoms with van der Waals surface area (Å²) < 4.78 is 14.3. The van der Waals surface area contributed by atoms with Gasteiger partial charge in [0.15, 0.2) is 0 Å². The first-order valence-corrected chi connectivity index (χ1v) is 19.3. The molecule has 17 nitrogen and oxygen atoms in total. The van der Waals surface area contributed by atoms with Crippen LogP contribution in [-0.4, -0.2) is 62.7 Å². The van der Waals surface area contributed by atoms with Crippen molar-refractivity contribution in [3.63, 3.8) is 0 Å². The number of amides is 6. The van der Waals surface area contributed by atoms with Gasteiger partial charge >= 0.3 is 12.1 Å². The predicted octanol–water partition coefficient (Wildman–Crippen LogP) is 8.25. The summed E-state index contributed by atoms with van der Waals surface area (Å²) in [5, 5.41) is 21.4. The quantitative estimate of drug-likeness (QED) is 0.0776. The van der Waals surface area contributed by atoms with Crippen molar-refractivity contribution >= 4 is 79.1 Å². The molecule has 0 fully saturated rings. The van der Waals surface area contributed by atoms with E-state index in [0.29, 0.717) is 45.7 Å². The van der Waals surface area contributed by atoms with Gasteiger partial charge < -0.3 is 41.4 Å². The molecule has 306 valence electrons. The fraction of sp³-hybridized carbons (Fsp3) is 0.0698. The van der Waals surface area contributed by atoms with E-state index in [-0.39, 0.29) is 35.3 Å². The molecule has 0 aliphatic carbocycles. The Morgan fingerprint density at radius 3 is 1.59 bits per heavy atom. The monoisotopic (exact) mass is 835 g/mol. The molecule has 0 aliphatic rings. The molecule has 0 saturated heterocycles. The van der Waals surface area contributed by atoms with Gasteiger partial charge in [0.25, 0.3) is 11.8 Å². The molecule has 0 spiro atoms. The van der Waals surface area contributed by atoms with Crippen LogP contribution in [0.4, 0.5) is 32.3 Å². The van der Waals surface area contributed by atoms with Crippen LogP contribution in [0.1, 0.15) is 21.0 Å². The van der Waals surface area contributed by atoms with Gasteiger partial charge in [-0.15, -0.1) is 11.3 Å². The van der Waals surface area contributed by atoms with Crippen LogP contribution in [0.3, 0.4) is 0 Å². The Hall–Kier alpha value is -8.38. The lowest BCUT2D eigenvalue weighted by molar-refractivity contribution is 0.0950. The maximum atomic E-state index is 12.3. The Morgan fingerprint density at radius 1 is 0.557 bits per heavy atom. The first kappa shape index (κ1) is 40.8. The number of benzene rings is 4. The van der Waals surface area contributed by atoms with E-state index in [1.807, 2.05) is 37.4 Å². The molecular formula is C43H37N11O6S. The first-order chi connectivity index (χ1) is 29.6. The number of thiazole rings is 1. The molecule has 6 amide bonds. The number of carbonyl (C=O) groups is 4. The summed E-state index contributed by atoms with van der Waals surface area (Å²) in [5.41, 5.74) is 6.69. The average Bonchev–Trinajstić information content (AvgIpc) is 3.90. The van der Waals surface area contributed by atoms with Gasteiger partial charge in [-0.2, -0.15) is 5.10 Å². The highest BCUT2D eigenvalue weighted by atomic mass is 32.1. The number of anilines is 4. The summed E-state index contributed by atoms with van der Waals surface area (Å²) in [4.78, 5) is 60.1. The van der Waals surface area contributed by atoms with E-state index in [0.717, 1.165) is 21.1 Å². The summed E-state index contributed by atoms with van der Waals surface area (Å²) in [6, 6.07) is 30.6. The number of hydrogen-bond acceptors (Lipinski definition) is 11. The summed E-state index contributed by atoms with van der Waals surface area (Å²) >= 11 is 1.52. The molecule has 0 unspecified atom stereocenters. The number of carbonyl (C=O) groups excluding carboxylic acids is 4. The molecule has 0 atom stereocenters. The van der Waals surface area contributed by atoms with Crippen molar-refractivity contribution < 1.29 is 28.7 Å². The Labute approximate surface area is 352 Å². The maximum Gasteiger partial charge on any atom is 0.323 e. The molecule has 4 heterocycles. The first-order valence-electron chi connectivity index (χ1n) is 18.5. The molecule has 8 aromatic rings. The number of aryl methyl sites for hydroxylation is 1. The van der Waals surface area contributed by atoms with E-state index in [9.17, 15) is 19.2 Å². The Kier molecular flexibility index (Phi) is 12.7. The molecule has 0 radical (unpaired) electrons. The molecule has 4 aromatic carbocycles. The van der Waals surface area contributed by atoms with Crippen LogP contribution in [0.5, 0.6) is 23.0 Å². The van der Waals surface area contributed by atoms with Gasteiger partial charge in [-0.1, -0.05) is 0 Å². The van der Waals surface area contributed by atoms with Crippen molar-refractivity contribution in [1.29, 1.82) is 0 Å². The van der Waals surface area contributed by atoms with Crippen LogP contribution in [0, 0.1) is 0 Å². The van der Waals surface area contributed by atoms with Crippen molar-refractivity contribution in [3.8, 4) is 23.0 Å². The molecule has 0 bridgehead atoms. The molecule has 0 aliphatic heterocycles. The molecule has 4 aromatic heterocycles. The Balaban J connectivity index is 0.000000184. The number of nitrogens with zero attached hydrogens (tertiary/aromatic N) is 5. The topological polar surface area (TPSA) is 215 Å². The highest BCUT2D eigenvalue weighted by Crippen LogP contribution is 2.26. The third-order valence-corrected chi connectivity index (χ3v) is 9.47. The third-order valence-electron chi connectivity index (χ3n) is 8.67. The number of pyridine rings is 2. The number of urea groups is 2. The van der Waals surface area contributed by atoms with Gasteiger partial charge in [-0.3, -0.25) is 24.2 Å². The van der Waals surface area contributed by atoms with Gasteiger partial charge in [0.2, 0.25) is 0 Å². The number of hydrogen-bond donors (Lipinski definition) is 6. The van der Waals surface area contributed by atoms with E-state index in [4.69, 9.17) is 9.47 Å². The second-order valence-corrected chi connectivity index (χ2v) is 13.8. The minimum absolute atomic E-state index is 0.263. The fourth-order valence-corrected chi connectivity index (χ4v) is 6.40. The summed E-state index contributed by atoms with van der Waals surface area (Å²) in [5.74, 6) is 1.50. The van der Waals surface area contributed by atoms with Gasteiger partial charge in [0.05, 0.1) is 27.4 Å². The zero-order valence-corrected chi connectivity index (χ0v) is 33.6. The lowest BCUT2D eigenvalue weighted by Crippen LogP contribution is -2.19. The largest absolute Gasteiger partial charge is 0.457 e. The third kappa shape index (κ3) is 10.8. The summed E-state index contributed by atoms with van der Waals surface area (Å²) in [6.07, 6.45) is 4.78. The molecular weight excluding hydrogens is 799 g/mol. The molecule has 61 heavy (non-hydrogen) atoms. The van der Waals surface area contributed by atoms with E-state index >= 15 is 0 Å². The highest BCUT2D eigenvalue weighted by molar-refractivity contribution is 7.16. The predicted molar refractivity (Wildman–Crippen MR) is 234 cm³/mol. The van der Waals surface area contributed by atoms with Crippen LogP contribution in [-0.2, 0) is 7.05 Å². The number of fused-ring (bicyclic) bond motifs is 2. The minimum Gasteiger partial charge on any atom is -0.457 e. The molecule has 6 N–H and O–H groups in total. The van der Waals surface area contributed by atoms with Crippen LogP contribution < -0.4 is 41.4 Å². The number of ether oxygens (including phenoxy) is 2. The van der Waals surface area contributed by atoms with E-state index in [1.165, 1.54) is 37.8 Å². The smallest absolute Gasteiger partial charge is 0.323 e. The second-order valence-electron chi connectivity index (χ2n) is 12.9. The van der Waals surface area contributed by atoms with Gasteiger partial charge in [0.1, 0.15) is 34.4 Å². The average molecular weight is 836 g/mol. The van der Waals surface area contributed by atoms with Crippen molar-refractivity contribution in [2.24, 2.45) is 7.05 Å². The van der Waals surface area contributed by atoms with E-state index in [2.05, 4.69) is 52.0 Å². The normalized spacial score (nSPS) is 10.5. The maximum absolute atomic E-state index is 12.3. The van der Waals surface area contributed by atoms with Gasteiger partial charge in [-0.05, 0) is 97.1 Å². The zero-order valence-electron chi connectivity index (χ0n) is 32.8.